The molecule has 1 heterocycles. The van der Waals surface area contributed by atoms with Gasteiger partial charge in [-0.25, -0.2) is 0 Å². The summed E-state index contributed by atoms with van der Waals surface area (Å²) in [5, 5.41) is 33.2. The number of hydrogen-bond acceptors (Lipinski definition) is 6. The minimum absolute atomic E-state index is 0.160. The predicted molar refractivity (Wildman–Crippen MR) is 120 cm³/mol. The lowest BCUT2D eigenvalue weighted by molar-refractivity contribution is -0.0856. The zero-order chi connectivity index (χ0) is 22.8. The molecule has 0 unspecified atom stereocenters. The molecule has 3 aromatic rings. The first kappa shape index (κ1) is 22.3. The summed E-state index contributed by atoms with van der Waals surface area (Å²) in [6.45, 7) is -0.564. The molecule has 0 radical (unpaired) electrons. The van der Waals surface area contributed by atoms with Crippen molar-refractivity contribution < 1.29 is 29.5 Å². The summed E-state index contributed by atoms with van der Waals surface area (Å²) < 4.78 is 16.4. The fraction of sp³-hybridized carbons (Fsp3) is 0.308. The van der Waals surface area contributed by atoms with Crippen molar-refractivity contribution in [1.29, 1.82) is 0 Å². The third-order valence-corrected chi connectivity index (χ3v) is 6.44. The maximum atomic E-state index is 12.2. The Hall–Kier alpha value is -2.90. The van der Waals surface area contributed by atoms with Crippen LogP contribution in [0, 0.1) is 0 Å². The van der Waals surface area contributed by atoms with E-state index in [-0.39, 0.29) is 6.61 Å². The van der Waals surface area contributed by atoms with Crippen LogP contribution in [0.1, 0.15) is 16.7 Å². The van der Waals surface area contributed by atoms with E-state index in [9.17, 15) is 15.3 Å². The first-order valence-electron chi connectivity index (χ1n) is 10.5. The van der Waals surface area contributed by atoms with E-state index in [4.69, 9.17) is 14.2 Å². The lowest BCUT2D eigenvalue weighted by Crippen LogP contribution is -2.61. The molecule has 0 amide bonds. The zero-order valence-corrected chi connectivity index (χ0v) is 18.1. The van der Waals surface area contributed by atoms with Gasteiger partial charge in [0.25, 0.3) is 0 Å². The van der Waals surface area contributed by atoms with Gasteiger partial charge in [-0.3, -0.25) is 0 Å². The van der Waals surface area contributed by atoms with E-state index in [0.717, 1.165) is 16.7 Å². The molecule has 4 rings (SSSR count). The van der Waals surface area contributed by atoms with Gasteiger partial charge in [0.1, 0.15) is 29.3 Å². The molecule has 0 spiro atoms. The molecule has 1 aliphatic rings. The second kappa shape index (κ2) is 8.92. The van der Waals surface area contributed by atoms with Crippen LogP contribution in [0.2, 0.25) is 0 Å². The molecule has 6 heteroatoms. The van der Waals surface area contributed by atoms with Gasteiger partial charge in [0.15, 0.2) is 0 Å². The molecule has 3 atom stereocenters. The van der Waals surface area contributed by atoms with Gasteiger partial charge in [0, 0.05) is 0 Å². The smallest absolute Gasteiger partial charge is 0.134 e. The molecule has 0 bridgehead atoms. The van der Waals surface area contributed by atoms with Crippen LogP contribution in [0.4, 0.5) is 0 Å². The highest BCUT2D eigenvalue weighted by Gasteiger charge is 2.63. The van der Waals surface area contributed by atoms with Gasteiger partial charge in [0.2, 0.25) is 0 Å². The molecule has 1 fully saturated rings. The van der Waals surface area contributed by atoms with Gasteiger partial charge >= 0.3 is 0 Å². The zero-order valence-electron chi connectivity index (χ0n) is 18.1. The fourth-order valence-corrected chi connectivity index (χ4v) is 4.82. The standard InChI is InChI=1S/C26H28O6/c1-30-21-12-8-19(9-13-21)26(18-6-4-3-5-7-18,20-10-14-22(31-2)15-11-20)25(29)17-32-23(16-27)24(25)28/h3-15,23-24,27-29H,16-17H2,1-2H3/t23-,24-,25+/m1/s1. The first-order chi connectivity index (χ1) is 15.5. The van der Waals surface area contributed by atoms with Crippen LogP contribution in [0.25, 0.3) is 0 Å². The van der Waals surface area contributed by atoms with Crippen LogP contribution < -0.4 is 9.47 Å². The number of aliphatic hydroxyl groups excluding tert-OH is 2. The third kappa shape index (κ3) is 3.36. The van der Waals surface area contributed by atoms with Crippen LogP contribution in [0.15, 0.2) is 78.9 Å². The van der Waals surface area contributed by atoms with Crippen LogP contribution >= 0.6 is 0 Å². The number of benzene rings is 3. The number of rotatable bonds is 7. The molecular weight excluding hydrogens is 408 g/mol. The number of methoxy groups -OCH3 is 2. The second-order valence-electron chi connectivity index (χ2n) is 7.97. The molecule has 1 aliphatic heterocycles. The molecule has 1 saturated heterocycles. The molecule has 0 saturated carbocycles. The summed E-state index contributed by atoms with van der Waals surface area (Å²) >= 11 is 0. The Morgan fingerprint density at radius 1 is 0.844 bits per heavy atom. The maximum Gasteiger partial charge on any atom is 0.134 e. The van der Waals surface area contributed by atoms with E-state index >= 15 is 0 Å². The van der Waals surface area contributed by atoms with Crippen LogP contribution in [0.5, 0.6) is 11.5 Å². The van der Waals surface area contributed by atoms with Gasteiger partial charge in [-0.15, -0.1) is 0 Å². The van der Waals surface area contributed by atoms with Crippen molar-refractivity contribution in [2.75, 3.05) is 27.4 Å². The molecule has 0 aliphatic carbocycles. The van der Waals surface area contributed by atoms with Gasteiger partial charge < -0.3 is 29.5 Å². The minimum atomic E-state index is -1.77. The van der Waals surface area contributed by atoms with Crippen molar-refractivity contribution in [3.05, 3.63) is 95.6 Å². The van der Waals surface area contributed by atoms with E-state index in [1.165, 1.54) is 0 Å². The average Bonchev–Trinajstić information content (AvgIpc) is 3.15. The molecular formula is C26H28O6. The van der Waals surface area contributed by atoms with Gasteiger partial charge in [-0.1, -0.05) is 54.6 Å². The molecule has 32 heavy (non-hydrogen) atoms. The van der Waals surface area contributed by atoms with Crippen molar-refractivity contribution in [2.45, 2.75) is 23.2 Å². The lowest BCUT2D eigenvalue weighted by atomic mass is 9.58. The Labute approximate surface area is 187 Å². The molecule has 0 aromatic heterocycles. The Morgan fingerprint density at radius 2 is 1.31 bits per heavy atom. The Balaban J connectivity index is 2.06. The molecule has 6 nitrogen and oxygen atoms in total. The normalized spacial score (nSPS) is 23.2. The first-order valence-corrected chi connectivity index (χ1v) is 10.5. The SMILES string of the molecule is COc1ccc(C(c2ccccc2)(c2ccc(OC)cc2)[C@]2(O)CO[C@H](CO)[C@H]2O)cc1. The van der Waals surface area contributed by atoms with E-state index in [1.54, 1.807) is 14.2 Å². The van der Waals surface area contributed by atoms with Gasteiger partial charge in [-0.2, -0.15) is 0 Å². The predicted octanol–water partition coefficient (Wildman–Crippen LogP) is 2.52. The van der Waals surface area contributed by atoms with E-state index < -0.39 is 29.8 Å². The lowest BCUT2D eigenvalue weighted by Gasteiger charge is -2.48. The number of hydrogen-bond donors (Lipinski definition) is 3. The highest BCUT2D eigenvalue weighted by molar-refractivity contribution is 5.56. The number of aliphatic hydroxyl groups is 3. The largest absolute Gasteiger partial charge is 0.497 e. The fourth-order valence-electron chi connectivity index (χ4n) is 4.82. The molecule has 3 N–H and O–H groups in total. The van der Waals surface area contributed by atoms with Crippen molar-refractivity contribution in [2.24, 2.45) is 0 Å². The van der Waals surface area contributed by atoms with Gasteiger partial charge in [0.05, 0.1) is 32.8 Å². The summed E-state index contributed by atoms with van der Waals surface area (Å²) in [4.78, 5) is 0. The third-order valence-electron chi connectivity index (χ3n) is 6.44. The van der Waals surface area contributed by atoms with E-state index in [0.29, 0.717) is 11.5 Å². The Kier molecular flexibility index (Phi) is 6.22. The summed E-state index contributed by atoms with van der Waals surface area (Å²) in [5.74, 6) is 1.35. The molecule has 3 aromatic carbocycles. The summed E-state index contributed by atoms with van der Waals surface area (Å²) in [6.07, 6.45) is -2.24. The molecule has 168 valence electrons. The van der Waals surface area contributed by atoms with Crippen molar-refractivity contribution in [1.82, 2.24) is 0 Å². The van der Waals surface area contributed by atoms with Crippen LogP contribution in [-0.4, -0.2) is 60.6 Å². The van der Waals surface area contributed by atoms with Crippen molar-refractivity contribution >= 4 is 0 Å². The number of ether oxygens (including phenoxy) is 3. The van der Waals surface area contributed by atoms with E-state index in [1.807, 2.05) is 78.9 Å². The second-order valence-corrected chi connectivity index (χ2v) is 7.97. The van der Waals surface area contributed by atoms with Crippen molar-refractivity contribution in [3.63, 3.8) is 0 Å². The summed E-state index contributed by atoms with van der Waals surface area (Å²) in [6, 6.07) is 24.4. The van der Waals surface area contributed by atoms with Crippen molar-refractivity contribution in [3.8, 4) is 11.5 Å². The van der Waals surface area contributed by atoms with Crippen LogP contribution in [-0.2, 0) is 10.2 Å². The maximum absolute atomic E-state index is 12.2. The summed E-state index contributed by atoms with van der Waals surface area (Å²) in [5.41, 5.74) is -0.711. The quantitative estimate of drug-likeness (QED) is 0.494. The topological polar surface area (TPSA) is 88.4 Å². The van der Waals surface area contributed by atoms with Gasteiger partial charge in [-0.05, 0) is 41.0 Å². The Morgan fingerprint density at radius 3 is 1.72 bits per heavy atom. The Bertz CT molecular complexity index is 971. The highest BCUT2D eigenvalue weighted by Crippen LogP contribution is 2.52. The monoisotopic (exact) mass is 436 g/mol. The van der Waals surface area contributed by atoms with Crippen LogP contribution in [0.3, 0.4) is 0 Å². The summed E-state index contributed by atoms with van der Waals surface area (Å²) in [7, 11) is 3.19. The highest BCUT2D eigenvalue weighted by atomic mass is 16.5. The average molecular weight is 437 g/mol. The minimum Gasteiger partial charge on any atom is -0.497 e. The van der Waals surface area contributed by atoms with E-state index in [2.05, 4.69) is 0 Å².